The third-order valence-corrected chi connectivity index (χ3v) is 5.98. The number of aromatic nitrogens is 1. The standard InChI is InChI=1S/C16H26F3N5O3S.HI/c1-15(2,3)12-9-21-13(27-12)10-22-14(20-4)23-11-5-7-24(8-6-11)28(25,26)16(17,18)19;/h9,11H,5-8,10H2,1-4H3,(H2,20,22,23);1H. The average molecular weight is 553 g/mol. The normalized spacial score (nSPS) is 17.7. The van der Waals surface area contributed by atoms with Crippen LogP contribution in [0.2, 0.25) is 0 Å². The highest BCUT2D eigenvalue weighted by Crippen LogP contribution is 2.29. The fraction of sp³-hybridized carbons (Fsp3) is 0.750. The van der Waals surface area contributed by atoms with Crippen molar-refractivity contribution in [1.82, 2.24) is 19.9 Å². The van der Waals surface area contributed by atoms with Crippen molar-refractivity contribution in [2.24, 2.45) is 4.99 Å². The third-order valence-electron chi connectivity index (χ3n) is 4.35. The van der Waals surface area contributed by atoms with E-state index in [4.69, 9.17) is 4.42 Å². The van der Waals surface area contributed by atoms with Gasteiger partial charge < -0.3 is 15.1 Å². The first-order chi connectivity index (χ1) is 12.8. The smallest absolute Gasteiger partial charge is 0.443 e. The number of halogens is 4. The molecule has 168 valence electrons. The number of aliphatic imine (C=N–C) groups is 1. The average Bonchev–Trinajstić information content (AvgIpc) is 3.07. The second-order valence-corrected chi connectivity index (χ2v) is 9.49. The number of guanidine groups is 1. The monoisotopic (exact) mass is 553 g/mol. The maximum Gasteiger partial charge on any atom is 0.511 e. The van der Waals surface area contributed by atoms with Gasteiger partial charge in [-0.2, -0.15) is 17.5 Å². The van der Waals surface area contributed by atoms with Crippen LogP contribution in [0, 0.1) is 0 Å². The van der Waals surface area contributed by atoms with Crippen LogP contribution in [0.3, 0.4) is 0 Å². The number of nitrogens with zero attached hydrogens (tertiary/aromatic N) is 3. The molecule has 0 atom stereocenters. The van der Waals surface area contributed by atoms with Crippen LogP contribution in [0.15, 0.2) is 15.6 Å². The zero-order valence-electron chi connectivity index (χ0n) is 16.7. The van der Waals surface area contributed by atoms with E-state index in [2.05, 4.69) is 20.6 Å². The minimum absolute atomic E-state index is 0. The van der Waals surface area contributed by atoms with Crippen molar-refractivity contribution in [3.63, 3.8) is 0 Å². The molecule has 1 saturated heterocycles. The largest absolute Gasteiger partial charge is 0.511 e. The predicted octanol–water partition coefficient (Wildman–Crippen LogP) is 2.57. The molecule has 1 aliphatic heterocycles. The molecule has 1 aromatic heterocycles. The van der Waals surface area contributed by atoms with E-state index < -0.39 is 15.5 Å². The van der Waals surface area contributed by atoms with Gasteiger partial charge in [-0.05, 0) is 12.8 Å². The highest BCUT2D eigenvalue weighted by Gasteiger charge is 2.50. The zero-order valence-corrected chi connectivity index (χ0v) is 19.9. The van der Waals surface area contributed by atoms with Crippen LogP contribution in [0.4, 0.5) is 13.2 Å². The maximum absolute atomic E-state index is 12.6. The summed E-state index contributed by atoms with van der Waals surface area (Å²) in [5.74, 6) is 1.68. The topological polar surface area (TPSA) is 99.8 Å². The van der Waals surface area contributed by atoms with Crippen LogP contribution >= 0.6 is 24.0 Å². The minimum Gasteiger partial charge on any atom is -0.443 e. The van der Waals surface area contributed by atoms with E-state index >= 15 is 0 Å². The summed E-state index contributed by atoms with van der Waals surface area (Å²) in [7, 11) is -3.71. The Bertz CT molecular complexity index is 797. The number of piperidine rings is 1. The lowest BCUT2D eigenvalue weighted by atomic mass is 9.94. The van der Waals surface area contributed by atoms with Gasteiger partial charge in [0.25, 0.3) is 0 Å². The van der Waals surface area contributed by atoms with Crippen molar-refractivity contribution in [1.29, 1.82) is 0 Å². The van der Waals surface area contributed by atoms with Crippen LogP contribution in [-0.4, -0.2) is 55.4 Å². The van der Waals surface area contributed by atoms with E-state index in [1.807, 2.05) is 20.8 Å². The molecule has 1 aliphatic rings. The first-order valence-corrected chi connectivity index (χ1v) is 10.3. The van der Waals surface area contributed by atoms with Gasteiger partial charge in [-0.1, -0.05) is 20.8 Å². The number of rotatable bonds is 4. The van der Waals surface area contributed by atoms with Gasteiger partial charge in [0, 0.05) is 31.6 Å². The van der Waals surface area contributed by atoms with Crippen LogP contribution in [0.5, 0.6) is 0 Å². The molecule has 0 amide bonds. The van der Waals surface area contributed by atoms with Crippen LogP contribution in [0.1, 0.15) is 45.3 Å². The summed E-state index contributed by atoms with van der Waals surface area (Å²) in [5.41, 5.74) is -5.43. The molecule has 2 heterocycles. The molecule has 1 fully saturated rings. The summed E-state index contributed by atoms with van der Waals surface area (Å²) in [6, 6.07) is -0.194. The molecular weight excluding hydrogens is 526 g/mol. The molecular formula is C16H27F3IN5O3S. The molecule has 13 heteroatoms. The van der Waals surface area contributed by atoms with E-state index in [1.54, 1.807) is 13.2 Å². The molecule has 0 radical (unpaired) electrons. The Morgan fingerprint density at radius 2 is 1.90 bits per heavy atom. The Kier molecular flexibility index (Phi) is 8.78. The van der Waals surface area contributed by atoms with Gasteiger partial charge in [0.15, 0.2) is 5.96 Å². The fourth-order valence-electron chi connectivity index (χ4n) is 2.67. The second kappa shape index (κ2) is 9.81. The lowest BCUT2D eigenvalue weighted by Gasteiger charge is -2.32. The quantitative estimate of drug-likeness (QED) is 0.338. The van der Waals surface area contributed by atoms with Crippen LogP contribution in [-0.2, 0) is 22.0 Å². The fourth-order valence-corrected chi connectivity index (χ4v) is 3.66. The van der Waals surface area contributed by atoms with Crippen LogP contribution < -0.4 is 10.6 Å². The number of nitrogens with one attached hydrogen (secondary N) is 2. The molecule has 0 bridgehead atoms. The van der Waals surface area contributed by atoms with Gasteiger partial charge in [0.05, 0.1) is 12.7 Å². The molecule has 0 saturated carbocycles. The van der Waals surface area contributed by atoms with Gasteiger partial charge in [-0.25, -0.2) is 13.4 Å². The lowest BCUT2D eigenvalue weighted by molar-refractivity contribution is -0.0494. The Balaban J connectivity index is 0.00000420. The van der Waals surface area contributed by atoms with E-state index in [9.17, 15) is 21.6 Å². The number of alkyl halides is 3. The van der Waals surface area contributed by atoms with Gasteiger partial charge in [-0.15, -0.1) is 24.0 Å². The van der Waals surface area contributed by atoms with Crippen LogP contribution in [0.25, 0.3) is 0 Å². The number of oxazole rings is 1. The summed E-state index contributed by atoms with van der Waals surface area (Å²) in [4.78, 5) is 8.28. The zero-order chi connectivity index (χ0) is 21.2. The SMILES string of the molecule is CN=C(NCc1ncc(C(C)(C)C)o1)NC1CCN(S(=O)(=O)C(F)(F)F)CC1.I. The first-order valence-electron chi connectivity index (χ1n) is 8.83. The number of hydrogen-bond donors (Lipinski definition) is 2. The van der Waals surface area contributed by atoms with E-state index in [0.717, 1.165) is 5.76 Å². The molecule has 0 spiro atoms. The summed E-state index contributed by atoms with van der Waals surface area (Å²) >= 11 is 0. The summed E-state index contributed by atoms with van der Waals surface area (Å²) in [6.07, 6.45) is 2.15. The molecule has 1 aromatic rings. The van der Waals surface area contributed by atoms with E-state index in [-0.39, 0.29) is 67.9 Å². The van der Waals surface area contributed by atoms with Gasteiger partial charge in [0.1, 0.15) is 5.76 Å². The van der Waals surface area contributed by atoms with Gasteiger partial charge in [0.2, 0.25) is 5.89 Å². The summed E-state index contributed by atoms with van der Waals surface area (Å²) in [5, 5.41) is 6.12. The Morgan fingerprint density at radius 3 is 2.34 bits per heavy atom. The minimum atomic E-state index is -5.27. The summed E-state index contributed by atoms with van der Waals surface area (Å²) < 4.78 is 66.9. The number of sulfonamides is 1. The molecule has 29 heavy (non-hydrogen) atoms. The second-order valence-electron chi connectivity index (χ2n) is 7.56. The van der Waals surface area contributed by atoms with Crippen molar-refractivity contribution < 1.29 is 26.0 Å². The van der Waals surface area contributed by atoms with Crippen molar-refractivity contribution in [2.45, 2.75) is 57.1 Å². The Morgan fingerprint density at radius 1 is 1.31 bits per heavy atom. The van der Waals surface area contributed by atoms with E-state index in [0.29, 0.717) is 16.2 Å². The highest BCUT2D eigenvalue weighted by atomic mass is 127. The van der Waals surface area contributed by atoms with Crippen molar-refractivity contribution in [2.75, 3.05) is 20.1 Å². The lowest BCUT2D eigenvalue weighted by Crippen LogP contribution is -2.51. The Hall–Kier alpha value is -1.09. The highest BCUT2D eigenvalue weighted by molar-refractivity contribution is 14.0. The Labute approximate surface area is 185 Å². The molecule has 8 nitrogen and oxygen atoms in total. The first kappa shape index (κ1) is 25.9. The van der Waals surface area contributed by atoms with Crippen molar-refractivity contribution >= 4 is 40.0 Å². The molecule has 2 rings (SSSR count). The predicted molar refractivity (Wildman–Crippen MR) is 114 cm³/mol. The molecule has 0 aliphatic carbocycles. The van der Waals surface area contributed by atoms with Crippen molar-refractivity contribution in [3.05, 3.63) is 17.8 Å². The maximum atomic E-state index is 12.6. The number of hydrogen-bond acceptors (Lipinski definition) is 5. The van der Waals surface area contributed by atoms with E-state index in [1.165, 1.54) is 0 Å². The van der Waals surface area contributed by atoms with Crippen molar-refractivity contribution in [3.8, 4) is 0 Å². The summed E-state index contributed by atoms with van der Waals surface area (Å²) in [6.45, 7) is 5.91. The van der Waals surface area contributed by atoms with Gasteiger partial charge >= 0.3 is 15.5 Å². The molecule has 0 unspecified atom stereocenters. The third kappa shape index (κ3) is 6.70. The molecule has 2 N–H and O–H groups in total. The van der Waals surface area contributed by atoms with Gasteiger partial charge in [-0.3, -0.25) is 4.99 Å². The molecule has 0 aromatic carbocycles.